The molecule has 0 bridgehead atoms. The van der Waals surface area contributed by atoms with Crippen LogP contribution in [0.4, 0.5) is 10.5 Å². The van der Waals surface area contributed by atoms with Crippen molar-refractivity contribution in [2.75, 3.05) is 32.1 Å². The average molecular weight is 277 g/mol. The smallest absolute Gasteiger partial charge is 0.319 e. The Morgan fingerprint density at radius 2 is 2.35 bits per heavy atom. The zero-order chi connectivity index (χ0) is 14.4. The number of rotatable bonds is 4. The summed E-state index contributed by atoms with van der Waals surface area (Å²) < 4.78 is 5.13. The number of piperidine rings is 1. The van der Waals surface area contributed by atoms with E-state index in [-0.39, 0.29) is 11.4 Å². The summed E-state index contributed by atoms with van der Waals surface area (Å²) in [5, 5.41) is 9.15. The van der Waals surface area contributed by atoms with Crippen LogP contribution >= 0.6 is 0 Å². The summed E-state index contributed by atoms with van der Waals surface area (Å²) in [7, 11) is 1.61. The number of urea groups is 1. The predicted octanol–water partition coefficient (Wildman–Crippen LogP) is 2.21. The minimum absolute atomic E-state index is 0.143. The lowest BCUT2D eigenvalue weighted by molar-refractivity contribution is 0.217. The standard InChI is InChI=1S/C15H23N3O2/c1-15(7-4-8-16-10-15)11-17-14(19)18-12-5-3-6-13(9-12)20-2/h3,5-6,9,16H,4,7-8,10-11H2,1-2H3,(H2,17,18,19). The van der Waals surface area contributed by atoms with E-state index in [0.717, 1.165) is 37.4 Å². The fraction of sp³-hybridized carbons (Fsp3) is 0.533. The molecule has 2 amide bonds. The molecule has 5 nitrogen and oxygen atoms in total. The second-order valence-corrected chi connectivity index (χ2v) is 5.63. The second-order valence-electron chi connectivity index (χ2n) is 5.63. The Bertz CT molecular complexity index is 456. The molecule has 1 saturated heterocycles. The van der Waals surface area contributed by atoms with Crippen LogP contribution in [0.3, 0.4) is 0 Å². The lowest BCUT2D eigenvalue weighted by Crippen LogP contribution is -2.46. The fourth-order valence-electron chi connectivity index (χ4n) is 2.44. The van der Waals surface area contributed by atoms with E-state index in [1.165, 1.54) is 0 Å². The number of nitrogens with one attached hydrogen (secondary N) is 3. The molecule has 0 aliphatic carbocycles. The normalized spacial score (nSPS) is 22.1. The molecule has 110 valence electrons. The van der Waals surface area contributed by atoms with E-state index < -0.39 is 0 Å². The van der Waals surface area contributed by atoms with Gasteiger partial charge in [0.25, 0.3) is 0 Å². The van der Waals surface area contributed by atoms with Gasteiger partial charge in [-0.25, -0.2) is 4.79 Å². The molecule has 5 heteroatoms. The predicted molar refractivity (Wildman–Crippen MR) is 80.2 cm³/mol. The van der Waals surface area contributed by atoms with Crippen LogP contribution in [0.1, 0.15) is 19.8 Å². The van der Waals surface area contributed by atoms with Gasteiger partial charge in [0.2, 0.25) is 0 Å². The topological polar surface area (TPSA) is 62.4 Å². The van der Waals surface area contributed by atoms with Crippen LogP contribution in [-0.2, 0) is 0 Å². The van der Waals surface area contributed by atoms with Crippen molar-refractivity contribution in [3.05, 3.63) is 24.3 Å². The molecule has 1 heterocycles. The Kier molecular flexibility index (Phi) is 4.84. The van der Waals surface area contributed by atoms with Crippen LogP contribution in [0, 0.1) is 5.41 Å². The molecule has 0 aromatic heterocycles. The van der Waals surface area contributed by atoms with Gasteiger partial charge in [-0.2, -0.15) is 0 Å². The average Bonchev–Trinajstić information content (AvgIpc) is 2.46. The van der Waals surface area contributed by atoms with E-state index in [1.54, 1.807) is 13.2 Å². The molecule has 20 heavy (non-hydrogen) atoms. The molecule has 1 aromatic rings. The van der Waals surface area contributed by atoms with Crippen LogP contribution in [-0.4, -0.2) is 32.8 Å². The van der Waals surface area contributed by atoms with Gasteiger partial charge in [0, 0.05) is 24.8 Å². The Labute approximate surface area is 120 Å². The third-order valence-electron chi connectivity index (χ3n) is 3.69. The van der Waals surface area contributed by atoms with Crippen molar-refractivity contribution in [1.29, 1.82) is 0 Å². The Balaban J connectivity index is 1.82. The number of carbonyl (C=O) groups is 1. The fourth-order valence-corrected chi connectivity index (χ4v) is 2.44. The first-order valence-electron chi connectivity index (χ1n) is 7.01. The quantitative estimate of drug-likeness (QED) is 0.790. The van der Waals surface area contributed by atoms with Gasteiger partial charge in [0.1, 0.15) is 5.75 Å². The van der Waals surface area contributed by atoms with Gasteiger partial charge >= 0.3 is 6.03 Å². The van der Waals surface area contributed by atoms with Crippen molar-refractivity contribution >= 4 is 11.7 Å². The molecule has 3 N–H and O–H groups in total. The maximum absolute atomic E-state index is 11.9. The van der Waals surface area contributed by atoms with Gasteiger partial charge in [0.05, 0.1) is 7.11 Å². The van der Waals surface area contributed by atoms with Crippen molar-refractivity contribution in [2.45, 2.75) is 19.8 Å². The molecule has 1 unspecified atom stereocenters. The molecule has 1 fully saturated rings. The van der Waals surface area contributed by atoms with Gasteiger partial charge in [-0.05, 0) is 36.9 Å². The molecule has 0 radical (unpaired) electrons. The number of hydrogen-bond acceptors (Lipinski definition) is 3. The number of hydrogen-bond donors (Lipinski definition) is 3. The van der Waals surface area contributed by atoms with Gasteiger partial charge < -0.3 is 20.7 Å². The maximum atomic E-state index is 11.9. The summed E-state index contributed by atoms with van der Waals surface area (Å²) in [4.78, 5) is 11.9. The highest BCUT2D eigenvalue weighted by atomic mass is 16.5. The number of anilines is 1. The zero-order valence-corrected chi connectivity index (χ0v) is 12.2. The van der Waals surface area contributed by atoms with E-state index >= 15 is 0 Å². The highest BCUT2D eigenvalue weighted by Crippen LogP contribution is 2.24. The SMILES string of the molecule is COc1cccc(NC(=O)NCC2(C)CCCNC2)c1. The highest BCUT2D eigenvalue weighted by molar-refractivity contribution is 5.89. The third kappa shape index (κ3) is 4.13. The zero-order valence-electron chi connectivity index (χ0n) is 12.2. The highest BCUT2D eigenvalue weighted by Gasteiger charge is 2.26. The number of benzene rings is 1. The molecule has 1 aliphatic heterocycles. The van der Waals surface area contributed by atoms with E-state index in [9.17, 15) is 4.79 Å². The maximum Gasteiger partial charge on any atom is 0.319 e. The number of methoxy groups -OCH3 is 1. The second kappa shape index (κ2) is 6.61. The van der Waals surface area contributed by atoms with Crippen LogP contribution in [0.5, 0.6) is 5.75 Å². The molecule has 2 rings (SSSR count). The number of carbonyl (C=O) groups excluding carboxylic acids is 1. The van der Waals surface area contributed by atoms with E-state index in [4.69, 9.17) is 4.74 Å². The van der Waals surface area contributed by atoms with Crippen molar-refractivity contribution in [2.24, 2.45) is 5.41 Å². The first-order valence-corrected chi connectivity index (χ1v) is 7.01. The van der Waals surface area contributed by atoms with Crippen LogP contribution < -0.4 is 20.7 Å². The number of amides is 2. The summed E-state index contributed by atoms with van der Waals surface area (Å²) in [5.41, 5.74) is 0.873. The molecule has 1 aliphatic rings. The van der Waals surface area contributed by atoms with E-state index in [2.05, 4.69) is 22.9 Å². The summed E-state index contributed by atoms with van der Waals surface area (Å²) in [5.74, 6) is 0.728. The molecule has 1 atom stereocenters. The Morgan fingerprint density at radius 3 is 3.05 bits per heavy atom. The molecule has 1 aromatic carbocycles. The summed E-state index contributed by atoms with van der Waals surface area (Å²) >= 11 is 0. The monoisotopic (exact) mass is 277 g/mol. The third-order valence-corrected chi connectivity index (χ3v) is 3.69. The van der Waals surface area contributed by atoms with Crippen molar-refractivity contribution in [1.82, 2.24) is 10.6 Å². The minimum atomic E-state index is -0.176. The summed E-state index contributed by atoms with van der Waals surface area (Å²) in [6, 6.07) is 7.15. The van der Waals surface area contributed by atoms with Gasteiger partial charge in [-0.1, -0.05) is 13.0 Å². The van der Waals surface area contributed by atoms with Gasteiger partial charge in [0.15, 0.2) is 0 Å². The van der Waals surface area contributed by atoms with Crippen molar-refractivity contribution in [3.8, 4) is 5.75 Å². The lowest BCUT2D eigenvalue weighted by atomic mass is 9.83. The Hall–Kier alpha value is -1.75. The molecular weight excluding hydrogens is 254 g/mol. The van der Waals surface area contributed by atoms with Crippen molar-refractivity contribution in [3.63, 3.8) is 0 Å². The lowest BCUT2D eigenvalue weighted by Gasteiger charge is -2.34. The van der Waals surface area contributed by atoms with E-state index in [1.807, 2.05) is 18.2 Å². The number of ether oxygens (including phenoxy) is 1. The first kappa shape index (κ1) is 14.7. The largest absolute Gasteiger partial charge is 0.497 e. The van der Waals surface area contributed by atoms with Crippen LogP contribution in [0.2, 0.25) is 0 Å². The van der Waals surface area contributed by atoms with Crippen LogP contribution in [0.25, 0.3) is 0 Å². The van der Waals surface area contributed by atoms with Gasteiger partial charge in [-0.3, -0.25) is 0 Å². The summed E-state index contributed by atoms with van der Waals surface area (Å²) in [6.07, 6.45) is 2.30. The van der Waals surface area contributed by atoms with E-state index in [0.29, 0.717) is 6.54 Å². The molecule has 0 saturated carbocycles. The summed E-state index contributed by atoms with van der Waals surface area (Å²) in [6.45, 7) is 4.90. The first-order chi connectivity index (χ1) is 9.61. The Morgan fingerprint density at radius 1 is 1.50 bits per heavy atom. The van der Waals surface area contributed by atoms with Crippen LogP contribution in [0.15, 0.2) is 24.3 Å². The molecular formula is C15H23N3O2. The minimum Gasteiger partial charge on any atom is -0.497 e. The molecule has 0 spiro atoms. The van der Waals surface area contributed by atoms with Crippen molar-refractivity contribution < 1.29 is 9.53 Å². The van der Waals surface area contributed by atoms with Gasteiger partial charge in [-0.15, -0.1) is 0 Å².